The topological polar surface area (TPSA) is 52.8 Å². The zero-order chi connectivity index (χ0) is 19.7. The van der Waals surface area contributed by atoms with Gasteiger partial charge in [-0.1, -0.05) is 37.1 Å². The number of aromatic nitrogens is 4. The van der Waals surface area contributed by atoms with Crippen LogP contribution in [0.4, 0.5) is 0 Å². The standard InChI is InChI=1S/C22H21ClN4O/c1-4-7-17-20-21(27(2)26-17)19(16-8-5-6-9-18(16)28-3)24-22(25-20)14-10-12-15(23)13-11-14/h5-6,8-13H,4,7H2,1-3H3. The summed E-state index contributed by atoms with van der Waals surface area (Å²) in [6.45, 7) is 2.14. The summed E-state index contributed by atoms with van der Waals surface area (Å²) >= 11 is 6.06. The average Bonchev–Trinajstić information content (AvgIpc) is 3.04. The van der Waals surface area contributed by atoms with Crippen LogP contribution in [0.15, 0.2) is 48.5 Å². The van der Waals surface area contributed by atoms with Gasteiger partial charge in [0.05, 0.1) is 12.8 Å². The summed E-state index contributed by atoms with van der Waals surface area (Å²) in [5, 5.41) is 5.41. The molecule has 4 rings (SSSR count). The molecule has 0 aliphatic rings. The van der Waals surface area contributed by atoms with Gasteiger partial charge in [0.25, 0.3) is 0 Å². The van der Waals surface area contributed by atoms with Gasteiger partial charge >= 0.3 is 0 Å². The van der Waals surface area contributed by atoms with E-state index < -0.39 is 0 Å². The van der Waals surface area contributed by atoms with Crippen LogP contribution < -0.4 is 4.74 Å². The van der Waals surface area contributed by atoms with E-state index in [2.05, 4.69) is 6.92 Å². The third kappa shape index (κ3) is 3.22. The molecule has 142 valence electrons. The van der Waals surface area contributed by atoms with Crippen LogP contribution in [-0.2, 0) is 13.5 Å². The molecule has 0 saturated heterocycles. The summed E-state index contributed by atoms with van der Waals surface area (Å²) in [5.41, 5.74) is 5.40. The SMILES string of the molecule is CCCc1nn(C)c2c(-c3ccccc3OC)nc(-c3ccc(Cl)cc3)nc12. The summed E-state index contributed by atoms with van der Waals surface area (Å²) in [7, 11) is 3.61. The van der Waals surface area contributed by atoms with Crippen LogP contribution in [0.25, 0.3) is 33.7 Å². The van der Waals surface area contributed by atoms with Gasteiger partial charge in [-0.05, 0) is 42.8 Å². The first kappa shape index (κ1) is 18.4. The highest BCUT2D eigenvalue weighted by Gasteiger charge is 2.20. The molecular weight excluding hydrogens is 372 g/mol. The summed E-state index contributed by atoms with van der Waals surface area (Å²) < 4.78 is 7.47. The highest BCUT2D eigenvalue weighted by molar-refractivity contribution is 6.30. The van der Waals surface area contributed by atoms with Crippen molar-refractivity contribution in [2.75, 3.05) is 7.11 Å². The number of rotatable bonds is 5. The van der Waals surface area contributed by atoms with Crippen LogP contribution in [0.5, 0.6) is 5.75 Å². The van der Waals surface area contributed by atoms with Gasteiger partial charge in [-0.3, -0.25) is 4.68 Å². The highest BCUT2D eigenvalue weighted by atomic mass is 35.5. The number of aryl methyl sites for hydroxylation is 2. The number of nitrogens with zero attached hydrogens (tertiary/aromatic N) is 4. The lowest BCUT2D eigenvalue weighted by Crippen LogP contribution is -1.99. The quantitative estimate of drug-likeness (QED) is 0.461. The minimum absolute atomic E-state index is 0.649. The summed E-state index contributed by atoms with van der Waals surface area (Å²) in [6.07, 6.45) is 1.86. The van der Waals surface area contributed by atoms with Gasteiger partial charge in [-0.2, -0.15) is 5.10 Å². The minimum atomic E-state index is 0.649. The molecule has 0 aliphatic carbocycles. The molecule has 0 unspecified atom stereocenters. The average molecular weight is 393 g/mol. The van der Waals surface area contributed by atoms with Crippen molar-refractivity contribution in [2.45, 2.75) is 19.8 Å². The van der Waals surface area contributed by atoms with Crippen molar-refractivity contribution in [2.24, 2.45) is 7.05 Å². The van der Waals surface area contributed by atoms with Gasteiger partial charge in [0.1, 0.15) is 22.5 Å². The molecule has 0 amide bonds. The molecule has 0 bridgehead atoms. The third-order valence-electron chi connectivity index (χ3n) is 4.70. The Morgan fingerprint density at radius 3 is 2.50 bits per heavy atom. The third-order valence-corrected chi connectivity index (χ3v) is 4.95. The van der Waals surface area contributed by atoms with Crippen LogP contribution in [0.2, 0.25) is 5.02 Å². The van der Waals surface area contributed by atoms with Gasteiger partial charge in [-0.15, -0.1) is 0 Å². The first-order chi connectivity index (χ1) is 13.6. The number of ether oxygens (including phenoxy) is 1. The van der Waals surface area contributed by atoms with Crippen molar-refractivity contribution in [1.82, 2.24) is 19.7 Å². The molecule has 2 aromatic heterocycles. The smallest absolute Gasteiger partial charge is 0.160 e. The molecule has 0 radical (unpaired) electrons. The van der Waals surface area contributed by atoms with E-state index in [9.17, 15) is 0 Å². The van der Waals surface area contributed by atoms with E-state index in [1.807, 2.05) is 60.3 Å². The van der Waals surface area contributed by atoms with Crippen molar-refractivity contribution >= 4 is 22.6 Å². The molecule has 0 saturated carbocycles. The second-order valence-corrected chi connectivity index (χ2v) is 7.06. The molecular formula is C22H21ClN4O. The fourth-order valence-electron chi connectivity index (χ4n) is 3.40. The number of halogens is 1. The zero-order valence-electron chi connectivity index (χ0n) is 16.1. The molecule has 4 aromatic rings. The minimum Gasteiger partial charge on any atom is -0.496 e. The number of para-hydroxylation sites is 1. The normalized spacial score (nSPS) is 11.1. The molecule has 0 aliphatic heterocycles. The van der Waals surface area contributed by atoms with Crippen molar-refractivity contribution < 1.29 is 4.74 Å². The Morgan fingerprint density at radius 2 is 1.79 bits per heavy atom. The van der Waals surface area contributed by atoms with E-state index >= 15 is 0 Å². The summed E-state index contributed by atoms with van der Waals surface area (Å²) in [5.74, 6) is 1.42. The van der Waals surface area contributed by atoms with Crippen molar-refractivity contribution in [1.29, 1.82) is 0 Å². The largest absolute Gasteiger partial charge is 0.496 e. The molecule has 0 fully saturated rings. The van der Waals surface area contributed by atoms with E-state index in [4.69, 9.17) is 31.4 Å². The van der Waals surface area contributed by atoms with Crippen LogP contribution in [0.1, 0.15) is 19.0 Å². The second kappa shape index (κ2) is 7.60. The fourth-order valence-corrected chi connectivity index (χ4v) is 3.53. The van der Waals surface area contributed by atoms with E-state index in [1.54, 1.807) is 7.11 Å². The lowest BCUT2D eigenvalue weighted by Gasteiger charge is -2.11. The summed E-state index contributed by atoms with van der Waals surface area (Å²) in [6, 6.07) is 15.5. The van der Waals surface area contributed by atoms with E-state index in [-0.39, 0.29) is 0 Å². The van der Waals surface area contributed by atoms with Gasteiger partial charge in [0.15, 0.2) is 5.82 Å². The monoisotopic (exact) mass is 392 g/mol. The Hall–Kier alpha value is -2.92. The van der Waals surface area contributed by atoms with Crippen molar-refractivity contribution in [3.8, 4) is 28.4 Å². The molecule has 6 heteroatoms. The Morgan fingerprint density at radius 1 is 1.04 bits per heavy atom. The zero-order valence-corrected chi connectivity index (χ0v) is 16.9. The van der Waals surface area contributed by atoms with Gasteiger partial charge < -0.3 is 4.74 Å². The molecule has 5 nitrogen and oxygen atoms in total. The van der Waals surface area contributed by atoms with Gasteiger partial charge in [-0.25, -0.2) is 9.97 Å². The molecule has 0 spiro atoms. The lowest BCUT2D eigenvalue weighted by atomic mass is 10.1. The first-order valence-electron chi connectivity index (χ1n) is 9.25. The Balaban J connectivity index is 2.05. The maximum atomic E-state index is 6.06. The van der Waals surface area contributed by atoms with E-state index in [1.165, 1.54) is 0 Å². The predicted octanol–water partition coefficient (Wildman–Crippen LogP) is 5.31. The van der Waals surface area contributed by atoms with E-state index in [0.717, 1.165) is 52.1 Å². The van der Waals surface area contributed by atoms with Crippen LogP contribution in [-0.4, -0.2) is 26.9 Å². The van der Waals surface area contributed by atoms with Crippen molar-refractivity contribution in [3.63, 3.8) is 0 Å². The maximum Gasteiger partial charge on any atom is 0.160 e. The van der Waals surface area contributed by atoms with Crippen LogP contribution >= 0.6 is 11.6 Å². The molecule has 0 N–H and O–H groups in total. The van der Waals surface area contributed by atoms with Crippen molar-refractivity contribution in [3.05, 3.63) is 59.2 Å². The second-order valence-electron chi connectivity index (χ2n) is 6.62. The van der Waals surface area contributed by atoms with E-state index in [0.29, 0.717) is 10.8 Å². The summed E-state index contributed by atoms with van der Waals surface area (Å²) in [4.78, 5) is 9.80. The number of hydrogen-bond acceptors (Lipinski definition) is 4. The van der Waals surface area contributed by atoms with Gasteiger partial charge in [0, 0.05) is 23.2 Å². The Labute approximate surface area is 169 Å². The maximum absolute atomic E-state index is 6.06. The number of hydrogen-bond donors (Lipinski definition) is 0. The van der Waals surface area contributed by atoms with Crippen LogP contribution in [0, 0.1) is 0 Å². The predicted molar refractivity (Wildman–Crippen MR) is 113 cm³/mol. The lowest BCUT2D eigenvalue weighted by molar-refractivity contribution is 0.416. The number of benzene rings is 2. The highest BCUT2D eigenvalue weighted by Crippen LogP contribution is 2.35. The Kier molecular flexibility index (Phi) is 5.01. The molecule has 0 atom stereocenters. The Bertz CT molecular complexity index is 1140. The molecule has 2 aromatic carbocycles. The van der Waals surface area contributed by atoms with Crippen LogP contribution in [0.3, 0.4) is 0 Å². The fraction of sp³-hybridized carbons (Fsp3) is 0.227. The first-order valence-corrected chi connectivity index (χ1v) is 9.63. The molecule has 28 heavy (non-hydrogen) atoms. The molecule has 2 heterocycles. The number of methoxy groups -OCH3 is 1. The van der Waals surface area contributed by atoms with Gasteiger partial charge in [0.2, 0.25) is 0 Å². The number of fused-ring (bicyclic) bond motifs is 1.